The zero-order valence-electron chi connectivity index (χ0n) is 20.5. The van der Waals surface area contributed by atoms with E-state index in [0.29, 0.717) is 19.4 Å². The molecule has 188 valence electrons. The third-order valence-corrected chi connectivity index (χ3v) is 7.88. The summed E-state index contributed by atoms with van der Waals surface area (Å²) < 4.78 is 29.4. The van der Waals surface area contributed by atoms with Gasteiger partial charge in [0.1, 0.15) is 6.04 Å². The molecule has 0 aliphatic carbocycles. The van der Waals surface area contributed by atoms with E-state index < -0.39 is 22.0 Å². The molecule has 36 heavy (non-hydrogen) atoms. The summed E-state index contributed by atoms with van der Waals surface area (Å²) in [5.41, 5.74) is 3.32. The minimum Gasteiger partial charge on any atom is -0.348 e. The summed E-state index contributed by atoms with van der Waals surface area (Å²) in [6.07, 6.45) is 1.18. The number of amides is 2. The minimum absolute atomic E-state index is 0.00890. The van der Waals surface area contributed by atoms with Crippen LogP contribution in [-0.4, -0.2) is 32.8 Å². The maximum Gasteiger partial charge on any atom is 0.241 e. The van der Waals surface area contributed by atoms with E-state index in [0.717, 1.165) is 22.4 Å². The quantitative estimate of drug-likeness (QED) is 0.463. The van der Waals surface area contributed by atoms with Crippen LogP contribution in [-0.2, 0) is 32.5 Å². The zero-order chi connectivity index (χ0) is 25.7. The van der Waals surface area contributed by atoms with Gasteiger partial charge in [-0.05, 0) is 54.7 Å². The van der Waals surface area contributed by atoms with Crippen LogP contribution >= 0.6 is 0 Å². The second-order valence-corrected chi connectivity index (χ2v) is 10.7. The number of carbonyl (C=O) groups is 2. The third-order valence-electron chi connectivity index (χ3n) is 6.42. The highest BCUT2D eigenvalue weighted by Gasteiger charge is 2.30. The molecule has 0 spiro atoms. The van der Waals surface area contributed by atoms with Crippen molar-refractivity contribution < 1.29 is 18.0 Å². The van der Waals surface area contributed by atoms with Gasteiger partial charge in [0.2, 0.25) is 21.8 Å². The summed E-state index contributed by atoms with van der Waals surface area (Å²) >= 11 is 0. The molecule has 8 heteroatoms. The first-order valence-electron chi connectivity index (χ1n) is 12.1. The van der Waals surface area contributed by atoms with Crippen molar-refractivity contribution in [3.05, 3.63) is 95.6 Å². The molecule has 0 fully saturated rings. The van der Waals surface area contributed by atoms with Crippen molar-refractivity contribution in [2.45, 2.75) is 50.1 Å². The van der Waals surface area contributed by atoms with Crippen molar-refractivity contribution in [2.75, 3.05) is 11.4 Å². The molecule has 0 saturated carbocycles. The lowest BCUT2D eigenvalue weighted by molar-refractivity contribution is -0.123. The van der Waals surface area contributed by atoms with Crippen LogP contribution < -0.4 is 14.9 Å². The summed E-state index contributed by atoms with van der Waals surface area (Å²) in [4.78, 5) is 27.3. The third kappa shape index (κ3) is 5.83. The first-order chi connectivity index (χ1) is 17.3. The molecular weight excluding hydrogens is 474 g/mol. The summed E-state index contributed by atoms with van der Waals surface area (Å²) in [6, 6.07) is 22.3. The second-order valence-electron chi connectivity index (χ2n) is 8.94. The number of nitrogens with zero attached hydrogens (tertiary/aromatic N) is 1. The Kier molecular flexibility index (Phi) is 7.86. The first kappa shape index (κ1) is 25.6. The molecule has 0 radical (unpaired) electrons. The van der Waals surface area contributed by atoms with Crippen molar-refractivity contribution in [3.63, 3.8) is 0 Å². The lowest BCUT2D eigenvalue weighted by atomic mass is 10.0. The lowest BCUT2D eigenvalue weighted by Gasteiger charge is -2.22. The van der Waals surface area contributed by atoms with E-state index >= 15 is 0 Å². The van der Waals surface area contributed by atoms with Crippen molar-refractivity contribution >= 4 is 27.5 Å². The predicted molar refractivity (Wildman–Crippen MR) is 140 cm³/mol. The fourth-order valence-corrected chi connectivity index (χ4v) is 5.67. The molecule has 7 nitrogen and oxygen atoms in total. The monoisotopic (exact) mass is 505 g/mol. The molecule has 2 N–H and O–H groups in total. The number of benzene rings is 3. The molecule has 0 aromatic heterocycles. The fourth-order valence-electron chi connectivity index (χ4n) is 4.43. The van der Waals surface area contributed by atoms with Gasteiger partial charge in [0, 0.05) is 18.7 Å². The van der Waals surface area contributed by atoms with Gasteiger partial charge in [-0.2, -0.15) is 4.72 Å². The van der Waals surface area contributed by atoms with Crippen LogP contribution in [0.4, 0.5) is 5.69 Å². The van der Waals surface area contributed by atoms with E-state index in [4.69, 9.17) is 0 Å². The van der Waals surface area contributed by atoms with E-state index in [1.807, 2.05) is 67.6 Å². The molecule has 3 aromatic carbocycles. The second kappa shape index (κ2) is 11.1. The van der Waals surface area contributed by atoms with E-state index in [-0.39, 0.29) is 23.3 Å². The fraction of sp³-hybridized carbons (Fsp3) is 0.286. The van der Waals surface area contributed by atoms with Crippen LogP contribution in [0.5, 0.6) is 0 Å². The van der Waals surface area contributed by atoms with Crippen LogP contribution in [0, 0.1) is 0 Å². The topological polar surface area (TPSA) is 95.6 Å². The van der Waals surface area contributed by atoms with E-state index in [1.165, 1.54) is 6.07 Å². The van der Waals surface area contributed by atoms with E-state index in [1.54, 1.807) is 24.0 Å². The van der Waals surface area contributed by atoms with Crippen LogP contribution in [0.1, 0.15) is 43.0 Å². The van der Waals surface area contributed by atoms with Crippen LogP contribution in [0.25, 0.3) is 0 Å². The van der Waals surface area contributed by atoms with Crippen LogP contribution in [0.3, 0.4) is 0 Å². The number of sulfonamides is 1. The Bertz CT molecular complexity index is 1330. The number of fused-ring (bicyclic) bond motifs is 1. The highest BCUT2D eigenvalue weighted by atomic mass is 32.2. The van der Waals surface area contributed by atoms with Gasteiger partial charge >= 0.3 is 0 Å². The highest BCUT2D eigenvalue weighted by molar-refractivity contribution is 7.89. The Labute approximate surface area is 212 Å². The molecule has 4 rings (SSSR count). The SMILES string of the molecule is CCC(=O)N1CCc2cc(S(=O)(=O)N[C@H](Cc3ccccc3)C(=O)N[C@H](C)c3ccccc3)ccc21. The highest BCUT2D eigenvalue weighted by Crippen LogP contribution is 2.30. The Morgan fingerprint density at radius 2 is 1.64 bits per heavy atom. The first-order valence-corrected chi connectivity index (χ1v) is 13.6. The lowest BCUT2D eigenvalue weighted by Crippen LogP contribution is -2.48. The van der Waals surface area contributed by atoms with Crippen molar-refractivity contribution in [3.8, 4) is 0 Å². The molecule has 2 amide bonds. The van der Waals surface area contributed by atoms with Crippen LogP contribution in [0.2, 0.25) is 0 Å². The summed E-state index contributed by atoms with van der Waals surface area (Å²) in [6.45, 7) is 4.21. The smallest absolute Gasteiger partial charge is 0.241 e. The molecule has 1 aliphatic heterocycles. The number of hydrogen-bond donors (Lipinski definition) is 2. The number of nitrogens with one attached hydrogen (secondary N) is 2. The summed E-state index contributed by atoms with van der Waals surface area (Å²) in [7, 11) is -4.00. The zero-order valence-corrected chi connectivity index (χ0v) is 21.3. The van der Waals surface area contributed by atoms with E-state index in [9.17, 15) is 18.0 Å². The number of hydrogen-bond acceptors (Lipinski definition) is 4. The molecule has 1 aliphatic rings. The molecule has 0 bridgehead atoms. The standard InChI is InChI=1S/C28H31N3O4S/c1-3-27(32)31-17-16-23-19-24(14-15-26(23)31)36(34,35)30-25(18-21-10-6-4-7-11-21)28(33)29-20(2)22-12-8-5-9-13-22/h4-15,19-20,25,30H,3,16-18H2,1-2H3,(H,29,33)/t20-,25-/m1/s1. The minimum atomic E-state index is -4.00. The normalized spacial score (nSPS) is 14.7. The Morgan fingerprint density at radius 3 is 2.31 bits per heavy atom. The van der Waals surface area contributed by atoms with Gasteiger partial charge < -0.3 is 10.2 Å². The van der Waals surface area contributed by atoms with Crippen molar-refractivity contribution in [1.29, 1.82) is 0 Å². The Hall–Kier alpha value is -3.49. The molecular formula is C28H31N3O4S. The maximum absolute atomic E-state index is 13.4. The van der Waals surface area contributed by atoms with Gasteiger partial charge in [0.25, 0.3) is 0 Å². The molecule has 0 unspecified atom stereocenters. The van der Waals surface area contributed by atoms with Crippen LogP contribution in [0.15, 0.2) is 83.8 Å². The molecule has 2 atom stereocenters. The number of rotatable bonds is 9. The Balaban J connectivity index is 1.57. The van der Waals surface area contributed by atoms with Gasteiger partial charge in [0.15, 0.2) is 0 Å². The Morgan fingerprint density at radius 1 is 0.972 bits per heavy atom. The molecule has 1 heterocycles. The average molecular weight is 506 g/mol. The van der Waals surface area contributed by atoms with Gasteiger partial charge in [-0.15, -0.1) is 0 Å². The van der Waals surface area contributed by atoms with Crippen molar-refractivity contribution in [1.82, 2.24) is 10.0 Å². The number of anilines is 1. The van der Waals surface area contributed by atoms with Crippen molar-refractivity contribution in [2.24, 2.45) is 0 Å². The summed E-state index contributed by atoms with van der Waals surface area (Å²) in [5, 5.41) is 2.95. The summed E-state index contributed by atoms with van der Waals surface area (Å²) in [5.74, 6) is -0.394. The van der Waals surface area contributed by atoms with Gasteiger partial charge in [0.05, 0.1) is 10.9 Å². The molecule has 0 saturated heterocycles. The van der Waals surface area contributed by atoms with Gasteiger partial charge in [-0.1, -0.05) is 67.6 Å². The van der Waals surface area contributed by atoms with Gasteiger partial charge in [-0.3, -0.25) is 9.59 Å². The predicted octanol–water partition coefficient (Wildman–Crippen LogP) is 3.75. The maximum atomic E-state index is 13.4. The van der Waals surface area contributed by atoms with E-state index in [2.05, 4.69) is 10.0 Å². The average Bonchev–Trinajstić information content (AvgIpc) is 3.32. The van der Waals surface area contributed by atoms with Gasteiger partial charge in [-0.25, -0.2) is 8.42 Å². The molecule has 3 aromatic rings. The number of carbonyl (C=O) groups excluding carboxylic acids is 2. The largest absolute Gasteiger partial charge is 0.348 e.